The van der Waals surface area contributed by atoms with Gasteiger partial charge in [-0.3, -0.25) is 13.9 Å². The molecule has 0 heterocycles. The van der Waals surface area contributed by atoms with Gasteiger partial charge >= 0.3 is 0 Å². The minimum atomic E-state index is -4.09. The summed E-state index contributed by atoms with van der Waals surface area (Å²) < 4.78 is 29.5. The highest BCUT2D eigenvalue weighted by Gasteiger charge is 2.35. The monoisotopic (exact) mass is 589 g/mol. The molecule has 1 atom stereocenters. The Bertz CT molecular complexity index is 1440. The van der Waals surface area contributed by atoms with Gasteiger partial charge in [-0.15, -0.1) is 0 Å². The molecular formula is C34H43N3O4S. The van der Waals surface area contributed by atoms with Gasteiger partial charge in [-0.1, -0.05) is 99.3 Å². The number of amides is 2. The Morgan fingerprint density at radius 2 is 1.52 bits per heavy atom. The van der Waals surface area contributed by atoms with E-state index >= 15 is 0 Å². The Labute approximate surface area is 251 Å². The summed E-state index contributed by atoms with van der Waals surface area (Å²) in [7, 11) is -4.09. The van der Waals surface area contributed by atoms with E-state index in [1.807, 2.05) is 63.2 Å². The number of hydrogen-bond donors (Lipinski definition) is 1. The Kier molecular flexibility index (Phi) is 10.8. The molecule has 224 valence electrons. The summed E-state index contributed by atoms with van der Waals surface area (Å²) in [6.45, 7) is 5.53. The van der Waals surface area contributed by atoms with Crippen molar-refractivity contribution in [2.75, 3.05) is 10.8 Å². The topological polar surface area (TPSA) is 86.8 Å². The van der Waals surface area contributed by atoms with Crippen molar-refractivity contribution < 1.29 is 18.0 Å². The Hall–Kier alpha value is -3.65. The second kappa shape index (κ2) is 14.5. The number of nitrogens with one attached hydrogen (secondary N) is 1. The molecule has 1 N–H and O–H groups in total. The van der Waals surface area contributed by atoms with Gasteiger partial charge < -0.3 is 10.2 Å². The molecule has 0 unspecified atom stereocenters. The van der Waals surface area contributed by atoms with E-state index in [1.54, 1.807) is 41.3 Å². The molecule has 42 heavy (non-hydrogen) atoms. The molecule has 2 amide bonds. The van der Waals surface area contributed by atoms with E-state index in [9.17, 15) is 18.0 Å². The smallest absolute Gasteiger partial charge is 0.264 e. The average molecular weight is 590 g/mol. The predicted molar refractivity (Wildman–Crippen MR) is 168 cm³/mol. The molecule has 1 aliphatic carbocycles. The van der Waals surface area contributed by atoms with Crippen LogP contribution in [-0.4, -0.2) is 43.8 Å². The summed E-state index contributed by atoms with van der Waals surface area (Å²) in [5, 5.41) is 3.19. The van der Waals surface area contributed by atoms with E-state index in [0.717, 1.165) is 42.4 Å². The van der Waals surface area contributed by atoms with Crippen LogP contribution in [-0.2, 0) is 32.6 Å². The molecular weight excluding hydrogens is 546 g/mol. The molecule has 3 aromatic rings. The van der Waals surface area contributed by atoms with Crippen molar-refractivity contribution in [3.8, 4) is 0 Å². The van der Waals surface area contributed by atoms with Crippen LogP contribution in [0.4, 0.5) is 5.69 Å². The van der Waals surface area contributed by atoms with Crippen molar-refractivity contribution in [2.24, 2.45) is 0 Å². The number of rotatable bonds is 12. The van der Waals surface area contributed by atoms with Gasteiger partial charge in [0.15, 0.2) is 0 Å². The number of carbonyl (C=O) groups excluding carboxylic acids is 2. The molecule has 0 aromatic heterocycles. The highest BCUT2D eigenvalue weighted by Crippen LogP contribution is 2.29. The zero-order valence-electron chi connectivity index (χ0n) is 25.0. The lowest BCUT2D eigenvalue weighted by molar-refractivity contribution is -0.140. The molecule has 0 saturated heterocycles. The first-order valence-corrected chi connectivity index (χ1v) is 16.5. The van der Waals surface area contributed by atoms with E-state index in [1.165, 1.54) is 10.7 Å². The lowest BCUT2D eigenvalue weighted by atomic mass is 9.95. The highest BCUT2D eigenvalue weighted by molar-refractivity contribution is 7.92. The van der Waals surface area contributed by atoms with Crippen molar-refractivity contribution in [3.63, 3.8) is 0 Å². The van der Waals surface area contributed by atoms with Crippen LogP contribution < -0.4 is 9.62 Å². The third kappa shape index (κ3) is 7.59. The minimum Gasteiger partial charge on any atom is -0.352 e. The van der Waals surface area contributed by atoms with Gasteiger partial charge in [-0.25, -0.2) is 8.42 Å². The summed E-state index contributed by atoms with van der Waals surface area (Å²) in [4.78, 5) is 29.6. The van der Waals surface area contributed by atoms with Crippen molar-refractivity contribution in [3.05, 3.63) is 95.6 Å². The number of benzene rings is 3. The summed E-state index contributed by atoms with van der Waals surface area (Å²) in [5.74, 6) is -0.610. The molecule has 0 radical (unpaired) electrons. The van der Waals surface area contributed by atoms with Gasteiger partial charge in [0.1, 0.15) is 12.6 Å². The minimum absolute atomic E-state index is 0.101. The summed E-state index contributed by atoms with van der Waals surface area (Å²) >= 11 is 0. The zero-order chi connectivity index (χ0) is 30.1. The first-order chi connectivity index (χ1) is 20.2. The second-order valence-electron chi connectivity index (χ2n) is 11.1. The van der Waals surface area contributed by atoms with Gasteiger partial charge in [-0.05, 0) is 61.9 Å². The van der Waals surface area contributed by atoms with E-state index in [-0.39, 0.29) is 23.4 Å². The van der Waals surface area contributed by atoms with Gasteiger partial charge in [0.25, 0.3) is 10.0 Å². The molecule has 0 spiro atoms. The number of hydrogen-bond acceptors (Lipinski definition) is 4. The van der Waals surface area contributed by atoms with Crippen LogP contribution in [0.25, 0.3) is 0 Å². The SMILES string of the molecule is CCc1ccccc1N(CC(=O)N(Cc1ccccc1)[C@H](CC)C(=O)NC1CCCCC1)S(=O)(=O)c1ccc(C)cc1. The molecule has 1 saturated carbocycles. The van der Waals surface area contributed by atoms with Crippen LogP contribution in [0.2, 0.25) is 0 Å². The van der Waals surface area contributed by atoms with Crippen molar-refractivity contribution >= 4 is 27.5 Å². The predicted octanol–water partition coefficient (Wildman–Crippen LogP) is 6.01. The van der Waals surface area contributed by atoms with Crippen molar-refractivity contribution in [1.29, 1.82) is 0 Å². The molecule has 4 rings (SSSR count). The van der Waals surface area contributed by atoms with E-state index in [2.05, 4.69) is 5.32 Å². The molecule has 1 aliphatic rings. The van der Waals surface area contributed by atoms with Crippen LogP contribution in [0.15, 0.2) is 83.8 Å². The average Bonchev–Trinajstić information content (AvgIpc) is 3.00. The van der Waals surface area contributed by atoms with Crippen molar-refractivity contribution in [2.45, 2.75) is 89.2 Å². The largest absolute Gasteiger partial charge is 0.352 e. The number of aryl methyl sites for hydroxylation is 2. The molecule has 8 heteroatoms. The number of carbonyl (C=O) groups is 2. The first kappa shape index (κ1) is 31.3. The lowest BCUT2D eigenvalue weighted by Crippen LogP contribution is -2.54. The fraction of sp³-hybridized carbons (Fsp3) is 0.412. The van der Waals surface area contributed by atoms with E-state index < -0.39 is 28.5 Å². The quantitative estimate of drug-likeness (QED) is 0.280. The number of anilines is 1. The van der Waals surface area contributed by atoms with Crippen LogP contribution >= 0.6 is 0 Å². The molecule has 7 nitrogen and oxygen atoms in total. The zero-order valence-corrected chi connectivity index (χ0v) is 25.8. The Morgan fingerprint density at radius 1 is 0.881 bits per heavy atom. The fourth-order valence-corrected chi connectivity index (χ4v) is 7.10. The first-order valence-electron chi connectivity index (χ1n) is 15.1. The Morgan fingerprint density at radius 3 is 2.17 bits per heavy atom. The van der Waals surface area contributed by atoms with Crippen LogP contribution in [0, 0.1) is 6.92 Å². The summed E-state index contributed by atoms with van der Waals surface area (Å²) in [5.41, 5.74) is 3.09. The van der Waals surface area contributed by atoms with Gasteiger partial charge in [0.2, 0.25) is 11.8 Å². The third-order valence-electron chi connectivity index (χ3n) is 8.06. The number of nitrogens with zero attached hydrogens (tertiary/aromatic N) is 2. The second-order valence-corrected chi connectivity index (χ2v) is 12.9. The lowest BCUT2D eigenvalue weighted by Gasteiger charge is -2.35. The fourth-order valence-electron chi connectivity index (χ4n) is 5.65. The van der Waals surface area contributed by atoms with Gasteiger partial charge in [0.05, 0.1) is 10.6 Å². The van der Waals surface area contributed by atoms with Gasteiger partial charge in [0, 0.05) is 12.6 Å². The van der Waals surface area contributed by atoms with Crippen LogP contribution in [0.1, 0.15) is 69.1 Å². The van der Waals surface area contributed by atoms with Crippen LogP contribution in [0.3, 0.4) is 0 Å². The number of sulfonamides is 1. The maximum Gasteiger partial charge on any atom is 0.264 e. The molecule has 0 aliphatic heterocycles. The summed E-state index contributed by atoms with van der Waals surface area (Å²) in [6.07, 6.45) is 6.21. The normalized spacial score (nSPS) is 14.6. The summed E-state index contributed by atoms with van der Waals surface area (Å²) in [6, 6.07) is 22.8. The maximum atomic E-state index is 14.3. The van der Waals surface area contributed by atoms with Gasteiger partial charge in [-0.2, -0.15) is 0 Å². The third-order valence-corrected chi connectivity index (χ3v) is 9.84. The molecule has 0 bridgehead atoms. The Balaban J connectivity index is 1.72. The highest BCUT2D eigenvalue weighted by atomic mass is 32.2. The van der Waals surface area contributed by atoms with Crippen LogP contribution in [0.5, 0.6) is 0 Å². The van der Waals surface area contributed by atoms with E-state index in [0.29, 0.717) is 18.5 Å². The molecule has 1 fully saturated rings. The standard InChI is InChI=1S/C34H43N3O4S/c1-4-28-16-12-13-19-32(28)37(42(40,41)30-22-20-26(3)21-23-30)25-33(38)36(24-27-14-8-6-9-15-27)31(5-2)34(39)35-29-17-10-7-11-18-29/h6,8-9,12-16,19-23,29,31H,4-5,7,10-11,17-18,24-25H2,1-3H3,(H,35,39)/t31-/m1/s1. The maximum absolute atomic E-state index is 14.3. The number of para-hydroxylation sites is 1. The van der Waals surface area contributed by atoms with Crippen molar-refractivity contribution in [1.82, 2.24) is 10.2 Å². The molecule has 3 aromatic carbocycles. The van der Waals surface area contributed by atoms with E-state index in [4.69, 9.17) is 0 Å².